The Labute approximate surface area is 145 Å². The molecule has 6 nitrogen and oxygen atoms in total. The molecule has 0 aliphatic heterocycles. The number of carbonyl (C=O) groups is 1. The highest BCUT2D eigenvalue weighted by Gasteiger charge is 2.34. The Morgan fingerprint density at radius 1 is 1.12 bits per heavy atom. The number of carbonyl (C=O) groups excluding carboxylic acids is 1. The minimum Gasteiger partial charge on any atom is -0.497 e. The molecule has 2 aromatic carbocycles. The van der Waals surface area contributed by atoms with Gasteiger partial charge in [-0.2, -0.15) is 13.2 Å². The highest BCUT2D eigenvalue weighted by atomic mass is 19.4. The molecule has 0 unspecified atom stereocenters. The van der Waals surface area contributed by atoms with Gasteiger partial charge >= 0.3 is 18.0 Å². The van der Waals surface area contributed by atoms with Crippen molar-refractivity contribution in [3.63, 3.8) is 0 Å². The van der Waals surface area contributed by atoms with E-state index in [0.29, 0.717) is 11.3 Å². The standard InChI is InChI=1S/C17H12F3N3O3/c1-25-11-6-4-5-10(9-11)15-22-23-16(26-15)14(24)21-13-8-3-2-7-12(13)17(18,19)20/h2-9H,1H3,(H,21,24). The molecule has 0 aliphatic rings. The van der Waals surface area contributed by atoms with Crippen molar-refractivity contribution in [2.75, 3.05) is 12.4 Å². The zero-order chi connectivity index (χ0) is 18.7. The van der Waals surface area contributed by atoms with Crippen molar-refractivity contribution in [3.05, 3.63) is 60.0 Å². The molecule has 0 radical (unpaired) electrons. The fourth-order valence-electron chi connectivity index (χ4n) is 2.20. The van der Waals surface area contributed by atoms with Crippen LogP contribution in [0.5, 0.6) is 5.75 Å². The van der Waals surface area contributed by atoms with Gasteiger partial charge in [0, 0.05) is 5.56 Å². The predicted octanol–water partition coefficient (Wildman–Crippen LogP) is 4.02. The van der Waals surface area contributed by atoms with Crippen LogP contribution in [-0.2, 0) is 6.18 Å². The van der Waals surface area contributed by atoms with Crippen LogP contribution in [0.2, 0.25) is 0 Å². The van der Waals surface area contributed by atoms with E-state index in [1.165, 1.54) is 19.2 Å². The maximum Gasteiger partial charge on any atom is 0.418 e. The Balaban J connectivity index is 1.83. The highest BCUT2D eigenvalue weighted by molar-refractivity contribution is 6.01. The Morgan fingerprint density at radius 2 is 1.88 bits per heavy atom. The number of nitrogens with one attached hydrogen (secondary N) is 1. The summed E-state index contributed by atoms with van der Waals surface area (Å²) in [5.41, 5.74) is -0.862. The zero-order valence-electron chi connectivity index (χ0n) is 13.4. The zero-order valence-corrected chi connectivity index (χ0v) is 13.4. The van der Waals surface area contributed by atoms with Crippen molar-refractivity contribution in [1.82, 2.24) is 10.2 Å². The third-order valence-electron chi connectivity index (χ3n) is 3.42. The number of amides is 1. The van der Waals surface area contributed by atoms with Gasteiger partial charge in [0.15, 0.2) is 0 Å². The van der Waals surface area contributed by atoms with Crippen LogP contribution in [0.25, 0.3) is 11.5 Å². The Hall–Kier alpha value is -3.36. The summed E-state index contributed by atoms with van der Waals surface area (Å²) in [6, 6.07) is 11.3. The molecule has 134 valence electrons. The van der Waals surface area contributed by atoms with Crippen LogP contribution in [0.4, 0.5) is 18.9 Å². The number of aromatic nitrogens is 2. The topological polar surface area (TPSA) is 77.2 Å². The molecular weight excluding hydrogens is 351 g/mol. The smallest absolute Gasteiger partial charge is 0.418 e. The number of nitrogens with zero attached hydrogens (tertiary/aromatic N) is 2. The van der Waals surface area contributed by atoms with E-state index < -0.39 is 29.2 Å². The van der Waals surface area contributed by atoms with E-state index >= 15 is 0 Å². The maximum absolute atomic E-state index is 13.0. The summed E-state index contributed by atoms with van der Waals surface area (Å²) in [5, 5.41) is 9.47. The van der Waals surface area contributed by atoms with Gasteiger partial charge in [0.05, 0.1) is 18.4 Å². The fourth-order valence-corrected chi connectivity index (χ4v) is 2.20. The molecule has 3 rings (SSSR count). The number of alkyl halides is 3. The van der Waals surface area contributed by atoms with E-state index in [4.69, 9.17) is 9.15 Å². The second-order valence-corrected chi connectivity index (χ2v) is 5.14. The number of benzene rings is 2. The average molecular weight is 363 g/mol. The quantitative estimate of drug-likeness (QED) is 0.758. The molecule has 1 heterocycles. The molecule has 0 saturated heterocycles. The number of anilines is 1. The van der Waals surface area contributed by atoms with Crippen molar-refractivity contribution in [3.8, 4) is 17.2 Å². The van der Waals surface area contributed by atoms with Gasteiger partial charge in [0.2, 0.25) is 5.89 Å². The lowest BCUT2D eigenvalue weighted by atomic mass is 10.1. The molecule has 0 atom stereocenters. The highest BCUT2D eigenvalue weighted by Crippen LogP contribution is 2.34. The Bertz CT molecular complexity index is 938. The van der Waals surface area contributed by atoms with Crippen LogP contribution < -0.4 is 10.1 Å². The van der Waals surface area contributed by atoms with Gasteiger partial charge in [-0.3, -0.25) is 4.79 Å². The molecule has 26 heavy (non-hydrogen) atoms. The van der Waals surface area contributed by atoms with Crippen LogP contribution in [0, 0.1) is 0 Å². The summed E-state index contributed by atoms with van der Waals surface area (Å²) in [5.74, 6) is -0.813. The summed E-state index contributed by atoms with van der Waals surface area (Å²) in [6.07, 6.45) is -4.61. The summed E-state index contributed by atoms with van der Waals surface area (Å²) in [4.78, 5) is 12.2. The SMILES string of the molecule is COc1cccc(-c2nnc(C(=O)Nc3ccccc3C(F)(F)F)o2)c1. The third-order valence-corrected chi connectivity index (χ3v) is 3.42. The monoisotopic (exact) mass is 363 g/mol. The first kappa shape index (κ1) is 17.5. The van der Waals surface area contributed by atoms with Gasteiger partial charge in [0.1, 0.15) is 5.75 Å². The number of methoxy groups -OCH3 is 1. The lowest BCUT2D eigenvalue weighted by Crippen LogP contribution is -2.16. The summed E-state index contributed by atoms with van der Waals surface area (Å²) < 4.78 is 49.3. The molecule has 0 fully saturated rings. The Kier molecular flexibility index (Phi) is 4.61. The number of rotatable bonds is 4. The normalized spacial score (nSPS) is 11.2. The molecule has 1 aromatic heterocycles. The van der Waals surface area contributed by atoms with E-state index in [1.807, 2.05) is 0 Å². The van der Waals surface area contributed by atoms with Gasteiger partial charge in [-0.15, -0.1) is 10.2 Å². The fraction of sp³-hybridized carbons (Fsp3) is 0.118. The molecule has 0 saturated carbocycles. The number of para-hydroxylation sites is 1. The van der Waals surface area contributed by atoms with Crippen molar-refractivity contribution in [2.24, 2.45) is 0 Å². The van der Waals surface area contributed by atoms with E-state index in [1.54, 1.807) is 24.3 Å². The van der Waals surface area contributed by atoms with Crippen molar-refractivity contribution < 1.29 is 27.1 Å². The van der Waals surface area contributed by atoms with Gasteiger partial charge < -0.3 is 14.5 Å². The third kappa shape index (κ3) is 3.66. The van der Waals surface area contributed by atoms with Crippen LogP contribution in [0.1, 0.15) is 16.2 Å². The van der Waals surface area contributed by atoms with E-state index in [0.717, 1.165) is 12.1 Å². The van der Waals surface area contributed by atoms with E-state index in [9.17, 15) is 18.0 Å². The van der Waals surface area contributed by atoms with Crippen LogP contribution >= 0.6 is 0 Å². The van der Waals surface area contributed by atoms with Crippen molar-refractivity contribution in [1.29, 1.82) is 0 Å². The first-order chi connectivity index (χ1) is 12.4. The lowest BCUT2D eigenvalue weighted by molar-refractivity contribution is -0.136. The molecule has 0 aliphatic carbocycles. The molecular formula is C17H12F3N3O3. The number of hydrogen-bond donors (Lipinski definition) is 1. The molecule has 3 aromatic rings. The minimum absolute atomic E-state index is 0.0400. The number of ether oxygens (including phenoxy) is 1. The van der Waals surface area contributed by atoms with Crippen LogP contribution in [-0.4, -0.2) is 23.2 Å². The van der Waals surface area contributed by atoms with Crippen LogP contribution in [0.15, 0.2) is 52.9 Å². The summed E-state index contributed by atoms with van der Waals surface area (Å²) in [6.45, 7) is 0. The first-order valence-corrected chi connectivity index (χ1v) is 7.34. The van der Waals surface area contributed by atoms with E-state index in [-0.39, 0.29) is 5.89 Å². The molecule has 0 spiro atoms. The van der Waals surface area contributed by atoms with Gasteiger partial charge in [-0.1, -0.05) is 18.2 Å². The first-order valence-electron chi connectivity index (χ1n) is 7.34. The molecule has 1 amide bonds. The van der Waals surface area contributed by atoms with Gasteiger partial charge in [0.25, 0.3) is 0 Å². The van der Waals surface area contributed by atoms with E-state index in [2.05, 4.69) is 15.5 Å². The number of halogens is 3. The molecule has 0 bridgehead atoms. The summed E-state index contributed by atoms with van der Waals surface area (Å²) in [7, 11) is 1.49. The van der Waals surface area contributed by atoms with Gasteiger partial charge in [-0.25, -0.2) is 0 Å². The predicted molar refractivity (Wildman–Crippen MR) is 85.7 cm³/mol. The second-order valence-electron chi connectivity index (χ2n) is 5.14. The van der Waals surface area contributed by atoms with Crippen molar-refractivity contribution in [2.45, 2.75) is 6.18 Å². The van der Waals surface area contributed by atoms with Crippen molar-refractivity contribution >= 4 is 11.6 Å². The Morgan fingerprint density at radius 3 is 2.62 bits per heavy atom. The van der Waals surface area contributed by atoms with Crippen LogP contribution in [0.3, 0.4) is 0 Å². The minimum atomic E-state index is -4.61. The average Bonchev–Trinajstić information content (AvgIpc) is 3.11. The number of hydrogen-bond acceptors (Lipinski definition) is 5. The maximum atomic E-state index is 13.0. The second kappa shape index (κ2) is 6.87. The molecule has 1 N–H and O–H groups in total. The summed E-state index contributed by atoms with van der Waals surface area (Å²) >= 11 is 0. The lowest BCUT2D eigenvalue weighted by Gasteiger charge is -2.12. The molecule has 9 heteroatoms. The van der Waals surface area contributed by atoms with Gasteiger partial charge in [-0.05, 0) is 30.3 Å². The largest absolute Gasteiger partial charge is 0.497 e.